The molecule has 1 aliphatic rings. The number of carbonyl (C=O) groups excluding carboxylic acids is 2. The van der Waals surface area contributed by atoms with E-state index in [9.17, 15) is 9.59 Å². The third-order valence-electron chi connectivity index (χ3n) is 2.98. The molecule has 2 unspecified atom stereocenters. The summed E-state index contributed by atoms with van der Waals surface area (Å²) in [6, 6.07) is -0.472. The van der Waals surface area contributed by atoms with Crippen molar-refractivity contribution in [2.75, 3.05) is 26.2 Å². The Morgan fingerprint density at radius 3 is 2.44 bits per heavy atom. The summed E-state index contributed by atoms with van der Waals surface area (Å²) in [6.07, 6.45) is 2.53. The van der Waals surface area contributed by atoms with E-state index < -0.39 is 17.3 Å². The fourth-order valence-corrected chi connectivity index (χ4v) is 2.05. The Balaban J connectivity index is 2.15. The maximum atomic E-state index is 11.4. The fourth-order valence-electron chi connectivity index (χ4n) is 1.99. The van der Waals surface area contributed by atoms with Crippen molar-refractivity contribution in [3.8, 4) is 0 Å². The van der Waals surface area contributed by atoms with E-state index in [1.165, 1.54) is 19.8 Å². The molecule has 2 atom stereocenters. The zero-order valence-corrected chi connectivity index (χ0v) is 11.8. The monoisotopic (exact) mass is 275 g/mol. The van der Waals surface area contributed by atoms with Crippen LogP contribution in [-0.4, -0.2) is 48.4 Å². The van der Waals surface area contributed by atoms with Crippen molar-refractivity contribution in [2.45, 2.75) is 32.1 Å². The Bertz CT molecular complexity index is 291. The molecule has 1 fully saturated rings. The number of alkyl halides is 1. The van der Waals surface area contributed by atoms with Crippen LogP contribution in [0.2, 0.25) is 0 Å². The van der Waals surface area contributed by atoms with Crippen molar-refractivity contribution in [1.29, 1.82) is 0 Å². The van der Waals surface area contributed by atoms with Crippen molar-refractivity contribution in [1.82, 2.24) is 15.5 Å². The number of nitrogens with zero attached hydrogens (tertiary/aromatic N) is 1. The Kier molecular flexibility index (Phi) is 6.43. The van der Waals surface area contributed by atoms with E-state index in [1.54, 1.807) is 0 Å². The molecular formula is C12H22ClN3O2. The second-order valence-electron chi connectivity index (χ2n) is 4.93. The van der Waals surface area contributed by atoms with E-state index in [0.29, 0.717) is 12.5 Å². The number of imide groups is 1. The minimum Gasteiger partial charge on any atom is -0.337 e. The minimum atomic E-state index is -0.697. The number of likely N-dealkylation sites (tertiary alicyclic amines) is 1. The summed E-state index contributed by atoms with van der Waals surface area (Å²) >= 11 is 5.55. The summed E-state index contributed by atoms with van der Waals surface area (Å²) in [5, 5.41) is 4.18. The Morgan fingerprint density at radius 1 is 1.28 bits per heavy atom. The van der Waals surface area contributed by atoms with Crippen LogP contribution in [0.15, 0.2) is 0 Å². The number of hydrogen-bond acceptors (Lipinski definition) is 3. The second kappa shape index (κ2) is 7.59. The molecular weight excluding hydrogens is 254 g/mol. The first kappa shape index (κ1) is 15.2. The van der Waals surface area contributed by atoms with Crippen molar-refractivity contribution < 1.29 is 9.59 Å². The Labute approximate surface area is 113 Å². The normalized spacial score (nSPS) is 19.3. The second-order valence-corrected chi connectivity index (χ2v) is 5.58. The number of hydrogen-bond donors (Lipinski definition) is 2. The van der Waals surface area contributed by atoms with Crippen LogP contribution >= 0.6 is 11.6 Å². The zero-order valence-electron chi connectivity index (χ0n) is 11.0. The maximum absolute atomic E-state index is 11.4. The Morgan fingerprint density at radius 2 is 1.89 bits per heavy atom. The van der Waals surface area contributed by atoms with E-state index in [4.69, 9.17) is 11.6 Å². The molecule has 0 aromatic rings. The summed E-state index contributed by atoms with van der Waals surface area (Å²) in [5.41, 5.74) is 0. The largest absolute Gasteiger partial charge is 0.337 e. The van der Waals surface area contributed by atoms with Gasteiger partial charge in [-0.3, -0.25) is 10.1 Å². The first-order valence-corrected chi connectivity index (χ1v) is 6.88. The molecule has 0 aromatic carbocycles. The van der Waals surface area contributed by atoms with Crippen molar-refractivity contribution >= 4 is 23.5 Å². The summed E-state index contributed by atoms with van der Waals surface area (Å²) in [4.78, 5) is 24.9. The van der Waals surface area contributed by atoms with Crippen molar-refractivity contribution in [3.63, 3.8) is 0 Å². The van der Waals surface area contributed by atoms with Gasteiger partial charge in [-0.2, -0.15) is 0 Å². The molecule has 3 amide bonds. The van der Waals surface area contributed by atoms with Gasteiger partial charge in [0.1, 0.15) is 5.38 Å². The molecule has 0 spiro atoms. The third kappa shape index (κ3) is 5.69. The van der Waals surface area contributed by atoms with Crippen LogP contribution < -0.4 is 10.6 Å². The topological polar surface area (TPSA) is 61.4 Å². The molecule has 104 valence electrons. The highest BCUT2D eigenvalue weighted by molar-refractivity contribution is 6.31. The van der Waals surface area contributed by atoms with Crippen molar-refractivity contribution in [2.24, 2.45) is 5.92 Å². The molecule has 0 radical (unpaired) electrons. The molecule has 18 heavy (non-hydrogen) atoms. The first-order valence-electron chi connectivity index (χ1n) is 6.44. The van der Waals surface area contributed by atoms with E-state index in [1.807, 2.05) is 0 Å². The van der Waals surface area contributed by atoms with Crippen LogP contribution in [0.3, 0.4) is 0 Å². The minimum absolute atomic E-state index is 0.373. The highest BCUT2D eigenvalue weighted by Gasteiger charge is 2.16. The number of rotatable bonds is 5. The van der Waals surface area contributed by atoms with Crippen LogP contribution in [0, 0.1) is 5.92 Å². The van der Waals surface area contributed by atoms with E-state index in [2.05, 4.69) is 22.5 Å². The summed E-state index contributed by atoms with van der Waals surface area (Å²) < 4.78 is 0. The van der Waals surface area contributed by atoms with Gasteiger partial charge in [-0.15, -0.1) is 11.6 Å². The lowest BCUT2D eigenvalue weighted by Gasteiger charge is -2.20. The van der Waals surface area contributed by atoms with Crippen LogP contribution in [0.5, 0.6) is 0 Å². The summed E-state index contributed by atoms with van der Waals surface area (Å²) in [7, 11) is 0. The van der Waals surface area contributed by atoms with Crippen LogP contribution in [0.4, 0.5) is 4.79 Å². The number of amides is 3. The lowest BCUT2D eigenvalue weighted by Crippen LogP contribution is -2.44. The molecule has 1 rings (SSSR count). The molecule has 1 heterocycles. The first-order chi connectivity index (χ1) is 8.49. The van der Waals surface area contributed by atoms with Gasteiger partial charge < -0.3 is 10.2 Å². The highest BCUT2D eigenvalue weighted by Crippen LogP contribution is 2.09. The smallest absolute Gasteiger partial charge is 0.321 e. The molecule has 0 saturated carbocycles. The maximum Gasteiger partial charge on any atom is 0.321 e. The molecule has 2 N–H and O–H groups in total. The average molecular weight is 276 g/mol. The quantitative estimate of drug-likeness (QED) is 0.741. The fraction of sp³-hybridized carbons (Fsp3) is 0.833. The van der Waals surface area contributed by atoms with Gasteiger partial charge in [0.2, 0.25) is 5.91 Å². The molecule has 5 nitrogen and oxygen atoms in total. The molecule has 1 saturated heterocycles. The predicted molar refractivity (Wildman–Crippen MR) is 71.7 cm³/mol. The average Bonchev–Trinajstić information content (AvgIpc) is 2.79. The predicted octanol–water partition coefficient (Wildman–Crippen LogP) is 1.17. The molecule has 1 aliphatic heterocycles. The van der Waals surface area contributed by atoms with Gasteiger partial charge in [0.15, 0.2) is 0 Å². The SMILES string of the molecule is CC(CNC(=O)NC(=O)C(C)Cl)CN1CCCC1. The lowest BCUT2D eigenvalue weighted by molar-refractivity contribution is -0.119. The lowest BCUT2D eigenvalue weighted by atomic mass is 10.1. The van der Waals surface area contributed by atoms with Gasteiger partial charge in [0.05, 0.1) is 0 Å². The van der Waals surface area contributed by atoms with Gasteiger partial charge >= 0.3 is 6.03 Å². The van der Waals surface area contributed by atoms with Gasteiger partial charge in [-0.05, 0) is 38.8 Å². The Hall–Kier alpha value is -0.810. The number of urea groups is 1. The molecule has 0 aliphatic carbocycles. The van der Waals surface area contributed by atoms with Gasteiger partial charge in [0, 0.05) is 13.1 Å². The number of halogens is 1. The highest BCUT2D eigenvalue weighted by atomic mass is 35.5. The summed E-state index contributed by atoms with van der Waals surface area (Å²) in [6.45, 7) is 7.47. The van der Waals surface area contributed by atoms with Gasteiger partial charge in [-0.1, -0.05) is 6.92 Å². The van der Waals surface area contributed by atoms with E-state index in [-0.39, 0.29) is 0 Å². The standard InChI is InChI=1S/C12H22ClN3O2/c1-9(8-16-5-3-4-6-16)7-14-12(18)15-11(17)10(2)13/h9-10H,3-8H2,1-2H3,(H2,14,15,17,18). The van der Waals surface area contributed by atoms with Crippen LogP contribution in [0.25, 0.3) is 0 Å². The number of carbonyl (C=O) groups is 2. The summed E-state index contributed by atoms with van der Waals surface area (Å²) in [5.74, 6) is -0.0984. The van der Waals surface area contributed by atoms with E-state index in [0.717, 1.165) is 19.6 Å². The van der Waals surface area contributed by atoms with Gasteiger partial charge in [-0.25, -0.2) is 4.79 Å². The van der Waals surface area contributed by atoms with Crippen LogP contribution in [-0.2, 0) is 4.79 Å². The van der Waals surface area contributed by atoms with Gasteiger partial charge in [0.25, 0.3) is 0 Å². The van der Waals surface area contributed by atoms with E-state index >= 15 is 0 Å². The molecule has 0 aromatic heterocycles. The molecule has 0 bridgehead atoms. The third-order valence-corrected chi connectivity index (χ3v) is 3.18. The van der Waals surface area contributed by atoms with Crippen molar-refractivity contribution in [3.05, 3.63) is 0 Å². The number of nitrogens with one attached hydrogen (secondary N) is 2. The molecule has 6 heteroatoms. The van der Waals surface area contributed by atoms with Crippen LogP contribution in [0.1, 0.15) is 26.7 Å². The zero-order chi connectivity index (χ0) is 13.5.